The van der Waals surface area contributed by atoms with Crippen LogP contribution in [0.25, 0.3) is 0 Å². The Hall–Kier alpha value is -1.24. The summed E-state index contributed by atoms with van der Waals surface area (Å²) in [5.41, 5.74) is 6.85. The average Bonchev–Trinajstić information content (AvgIpc) is 2.46. The van der Waals surface area contributed by atoms with Crippen molar-refractivity contribution in [3.63, 3.8) is 0 Å². The summed E-state index contributed by atoms with van der Waals surface area (Å²) in [7, 11) is 0. The normalized spacial score (nSPS) is 15.6. The molecule has 0 spiro atoms. The number of benzene rings is 1. The number of thioether (sulfide) groups is 1. The van der Waals surface area contributed by atoms with E-state index >= 15 is 0 Å². The highest BCUT2D eigenvalue weighted by molar-refractivity contribution is 7.99. The summed E-state index contributed by atoms with van der Waals surface area (Å²) < 4.78 is 0. The largest absolute Gasteiger partial charge is 0.337 e. The van der Waals surface area contributed by atoms with Gasteiger partial charge in [-0.3, -0.25) is 9.59 Å². The van der Waals surface area contributed by atoms with Gasteiger partial charge in [-0.1, -0.05) is 6.07 Å². The number of nitrogens with zero attached hydrogens (tertiary/aromatic N) is 1. The lowest BCUT2D eigenvalue weighted by molar-refractivity contribution is -0.116. The van der Waals surface area contributed by atoms with Crippen molar-refractivity contribution in [1.29, 1.82) is 0 Å². The Morgan fingerprint density at radius 2 is 2.05 bits per heavy atom. The van der Waals surface area contributed by atoms with Crippen molar-refractivity contribution < 1.29 is 9.59 Å². The molecule has 0 aliphatic carbocycles. The van der Waals surface area contributed by atoms with Crippen molar-refractivity contribution in [2.75, 3.05) is 29.9 Å². The second-order valence-electron chi connectivity index (χ2n) is 5.21. The third kappa shape index (κ3) is 5.51. The molecule has 1 aromatic carbocycles. The minimum Gasteiger partial charge on any atom is -0.337 e. The molecule has 2 amide bonds. The first-order chi connectivity index (χ1) is 10.1. The first kappa shape index (κ1) is 18.8. The molecule has 1 aliphatic heterocycles. The van der Waals surface area contributed by atoms with E-state index in [1.54, 1.807) is 31.2 Å². The van der Waals surface area contributed by atoms with Gasteiger partial charge < -0.3 is 16.0 Å². The average molecular weight is 344 g/mol. The molecular formula is C15H22ClN3O2S. The minimum absolute atomic E-state index is 0. The Labute approximate surface area is 141 Å². The van der Waals surface area contributed by atoms with E-state index in [1.165, 1.54) is 0 Å². The van der Waals surface area contributed by atoms with Crippen molar-refractivity contribution >= 4 is 41.7 Å². The molecule has 1 saturated heterocycles. The van der Waals surface area contributed by atoms with Crippen LogP contribution in [0.15, 0.2) is 24.3 Å². The Morgan fingerprint density at radius 1 is 1.36 bits per heavy atom. The fourth-order valence-electron chi connectivity index (χ4n) is 2.18. The van der Waals surface area contributed by atoms with Crippen LogP contribution in [-0.4, -0.2) is 47.4 Å². The van der Waals surface area contributed by atoms with Gasteiger partial charge >= 0.3 is 0 Å². The highest BCUT2D eigenvalue weighted by atomic mass is 35.5. The number of hydrogen-bond acceptors (Lipinski definition) is 4. The number of hydrogen-bond donors (Lipinski definition) is 2. The van der Waals surface area contributed by atoms with Gasteiger partial charge in [0.25, 0.3) is 5.91 Å². The predicted octanol–water partition coefficient (Wildman–Crippen LogP) is 1.97. The fourth-order valence-corrected chi connectivity index (χ4v) is 3.09. The topological polar surface area (TPSA) is 75.4 Å². The number of anilines is 1. The van der Waals surface area contributed by atoms with Crippen LogP contribution in [0, 0.1) is 0 Å². The van der Waals surface area contributed by atoms with Crippen LogP contribution in [0.4, 0.5) is 5.69 Å². The van der Waals surface area contributed by atoms with Crippen LogP contribution in [0.2, 0.25) is 0 Å². The molecule has 0 radical (unpaired) electrons. The number of rotatable bonds is 4. The van der Waals surface area contributed by atoms with Crippen LogP contribution in [0.5, 0.6) is 0 Å². The standard InChI is InChI=1S/C15H21N3O2S.ClH/c1-11(16)9-14(19)17-13-4-2-3-12(10-13)15(20)18-5-7-21-8-6-18;/h2-4,10-11H,5-9,16H2,1H3,(H,17,19);1H. The molecule has 7 heteroatoms. The van der Waals surface area contributed by atoms with Gasteiger partial charge in [0.05, 0.1) is 0 Å². The SMILES string of the molecule is CC(N)CC(=O)Nc1cccc(C(=O)N2CCSCC2)c1.Cl. The van der Waals surface area contributed by atoms with Gasteiger partial charge in [-0.25, -0.2) is 0 Å². The van der Waals surface area contributed by atoms with Crippen molar-refractivity contribution in [3.05, 3.63) is 29.8 Å². The smallest absolute Gasteiger partial charge is 0.253 e. The van der Waals surface area contributed by atoms with Crippen molar-refractivity contribution in [2.24, 2.45) is 5.73 Å². The van der Waals surface area contributed by atoms with Crippen molar-refractivity contribution in [3.8, 4) is 0 Å². The van der Waals surface area contributed by atoms with Crippen LogP contribution in [0.1, 0.15) is 23.7 Å². The summed E-state index contributed by atoms with van der Waals surface area (Å²) >= 11 is 1.87. The molecule has 5 nitrogen and oxygen atoms in total. The minimum atomic E-state index is -0.180. The summed E-state index contributed by atoms with van der Waals surface area (Å²) in [4.78, 5) is 26.0. The maximum atomic E-state index is 12.4. The van der Waals surface area contributed by atoms with E-state index < -0.39 is 0 Å². The van der Waals surface area contributed by atoms with Crippen LogP contribution in [0.3, 0.4) is 0 Å². The van der Waals surface area contributed by atoms with Gasteiger partial charge in [0, 0.05) is 48.3 Å². The van der Waals surface area contributed by atoms with E-state index in [0.29, 0.717) is 11.3 Å². The van der Waals surface area contributed by atoms with E-state index in [4.69, 9.17) is 5.73 Å². The number of nitrogens with one attached hydrogen (secondary N) is 1. The van der Waals surface area contributed by atoms with E-state index in [-0.39, 0.29) is 36.7 Å². The van der Waals surface area contributed by atoms with Crippen LogP contribution >= 0.6 is 24.2 Å². The van der Waals surface area contributed by atoms with Gasteiger partial charge in [-0.2, -0.15) is 11.8 Å². The summed E-state index contributed by atoms with van der Waals surface area (Å²) in [5, 5.41) is 2.78. The van der Waals surface area contributed by atoms with E-state index in [2.05, 4.69) is 5.32 Å². The third-order valence-electron chi connectivity index (χ3n) is 3.20. The van der Waals surface area contributed by atoms with Gasteiger partial charge in [0.2, 0.25) is 5.91 Å². The zero-order valence-corrected chi connectivity index (χ0v) is 14.2. The van der Waals surface area contributed by atoms with E-state index in [9.17, 15) is 9.59 Å². The third-order valence-corrected chi connectivity index (χ3v) is 4.14. The van der Waals surface area contributed by atoms with E-state index in [0.717, 1.165) is 24.6 Å². The second-order valence-corrected chi connectivity index (χ2v) is 6.44. The maximum Gasteiger partial charge on any atom is 0.253 e. The summed E-state index contributed by atoms with van der Waals surface area (Å²) in [5.74, 6) is 1.86. The second kappa shape index (κ2) is 9.02. The van der Waals surface area contributed by atoms with Crippen LogP contribution < -0.4 is 11.1 Å². The molecule has 1 aromatic rings. The molecule has 0 bridgehead atoms. The van der Waals surface area contributed by atoms with Crippen molar-refractivity contribution in [2.45, 2.75) is 19.4 Å². The lowest BCUT2D eigenvalue weighted by Gasteiger charge is -2.26. The molecular weight excluding hydrogens is 322 g/mol. The molecule has 1 aliphatic rings. The van der Waals surface area contributed by atoms with Crippen LogP contribution in [-0.2, 0) is 4.79 Å². The molecule has 3 N–H and O–H groups in total. The fraction of sp³-hybridized carbons (Fsp3) is 0.467. The molecule has 0 saturated carbocycles. The Balaban J connectivity index is 0.00000242. The highest BCUT2D eigenvalue weighted by Crippen LogP contribution is 2.16. The Bertz CT molecular complexity index is 519. The quantitative estimate of drug-likeness (QED) is 0.876. The monoisotopic (exact) mass is 343 g/mol. The summed E-state index contributed by atoms with van der Waals surface area (Å²) in [6.45, 7) is 3.35. The molecule has 1 fully saturated rings. The lowest BCUT2D eigenvalue weighted by Crippen LogP contribution is -2.37. The number of carbonyl (C=O) groups is 2. The van der Waals surface area contributed by atoms with E-state index in [1.807, 2.05) is 16.7 Å². The molecule has 1 unspecified atom stereocenters. The van der Waals surface area contributed by atoms with Gasteiger partial charge in [-0.05, 0) is 25.1 Å². The Morgan fingerprint density at radius 3 is 2.68 bits per heavy atom. The maximum absolute atomic E-state index is 12.4. The first-order valence-electron chi connectivity index (χ1n) is 7.09. The van der Waals surface area contributed by atoms with Gasteiger partial charge in [0.15, 0.2) is 0 Å². The Kier molecular flexibility index (Phi) is 7.72. The number of nitrogens with two attached hydrogens (primary N) is 1. The molecule has 22 heavy (non-hydrogen) atoms. The number of halogens is 1. The lowest BCUT2D eigenvalue weighted by atomic mass is 10.1. The summed E-state index contributed by atoms with van der Waals surface area (Å²) in [6, 6.07) is 6.89. The molecule has 1 atom stereocenters. The molecule has 2 rings (SSSR count). The van der Waals surface area contributed by atoms with Crippen molar-refractivity contribution in [1.82, 2.24) is 4.90 Å². The summed E-state index contributed by atoms with van der Waals surface area (Å²) in [6.07, 6.45) is 0.265. The zero-order valence-electron chi connectivity index (χ0n) is 12.6. The van der Waals surface area contributed by atoms with Gasteiger partial charge in [0.1, 0.15) is 0 Å². The molecule has 122 valence electrons. The first-order valence-corrected chi connectivity index (χ1v) is 8.24. The number of carbonyl (C=O) groups excluding carboxylic acids is 2. The predicted molar refractivity (Wildman–Crippen MR) is 93.8 cm³/mol. The van der Waals surface area contributed by atoms with Gasteiger partial charge in [-0.15, -0.1) is 12.4 Å². The molecule has 0 aromatic heterocycles. The zero-order chi connectivity index (χ0) is 15.2. The highest BCUT2D eigenvalue weighted by Gasteiger charge is 2.18. The number of amides is 2. The molecule has 1 heterocycles.